The minimum Gasteiger partial charge on any atom is -0.406 e. The van der Waals surface area contributed by atoms with Crippen molar-refractivity contribution < 1.29 is 46.0 Å². The highest BCUT2D eigenvalue weighted by atomic mass is 19.4. The maximum atomic E-state index is 13.7. The number of hydrogen-bond acceptors (Lipinski definition) is 8. The SMILES string of the molecule is OCC1OC(c2nncn2-c2ccc(OC(F)(F)F)cc2)CC(n2cc(-c3cc(F)c(F)c(F)c3)nn2)C1O. The molecule has 3 heterocycles. The highest BCUT2D eigenvalue weighted by Crippen LogP contribution is 2.38. The van der Waals surface area contributed by atoms with Crippen molar-refractivity contribution in [2.45, 2.75) is 37.1 Å². The largest absolute Gasteiger partial charge is 0.573 e. The molecule has 0 bridgehead atoms. The summed E-state index contributed by atoms with van der Waals surface area (Å²) in [5.74, 6) is -4.68. The van der Waals surface area contributed by atoms with Gasteiger partial charge >= 0.3 is 6.36 Å². The number of aliphatic hydroxyl groups is 2. The van der Waals surface area contributed by atoms with Gasteiger partial charge in [0.1, 0.15) is 36.1 Å². The minimum atomic E-state index is -4.85. The molecule has 4 unspecified atom stereocenters. The molecule has 0 amide bonds. The molecule has 16 heteroatoms. The Labute approximate surface area is 215 Å². The van der Waals surface area contributed by atoms with Crippen LogP contribution in [0.25, 0.3) is 16.9 Å². The zero-order valence-corrected chi connectivity index (χ0v) is 19.5. The molecule has 1 saturated heterocycles. The first-order valence-electron chi connectivity index (χ1n) is 11.3. The second kappa shape index (κ2) is 10.3. The molecule has 1 aliphatic rings. The van der Waals surface area contributed by atoms with Gasteiger partial charge in [-0.2, -0.15) is 0 Å². The summed E-state index contributed by atoms with van der Waals surface area (Å²) in [5.41, 5.74) is 0.278. The van der Waals surface area contributed by atoms with Crippen LogP contribution < -0.4 is 4.74 Å². The Kier molecular flexibility index (Phi) is 7.00. The van der Waals surface area contributed by atoms with Crippen LogP contribution in [0.2, 0.25) is 0 Å². The lowest BCUT2D eigenvalue weighted by molar-refractivity contribution is -0.274. The van der Waals surface area contributed by atoms with E-state index in [9.17, 15) is 36.6 Å². The molecule has 10 nitrogen and oxygen atoms in total. The van der Waals surface area contributed by atoms with Crippen LogP contribution in [0.1, 0.15) is 24.4 Å². The number of alkyl halides is 3. The zero-order valence-electron chi connectivity index (χ0n) is 19.5. The van der Waals surface area contributed by atoms with E-state index >= 15 is 0 Å². The summed E-state index contributed by atoms with van der Waals surface area (Å²) in [7, 11) is 0. The van der Waals surface area contributed by atoms with E-state index in [1.54, 1.807) is 0 Å². The van der Waals surface area contributed by atoms with Crippen LogP contribution in [0.15, 0.2) is 48.9 Å². The Morgan fingerprint density at radius 3 is 2.38 bits per heavy atom. The van der Waals surface area contributed by atoms with Crippen LogP contribution in [0.5, 0.6) is 5.75 Å². The number of halogens is 6. The van der Waals surface area contributed by atoms with Crippen molar-refractivity contribution in [3.63, 3.8) is 0 Å². The van der Waals surface area contributed by atoms with E-state index in [4.69, 9.17) is 4.74 Å². The topological polar surface area (TPSA) is 120 Å². The second-order valence-electron chi connectivity index (χ2n) is 8.58. The first-order chi connectivity index (χ1) is 18.5. The first kappa shape index (κ1) is 26.6. The fourth-order valence-corrected chi connectivity index (χ4v) is 4.28. The van der Waals surface area contributed by atoms with E-state index < -0.39 is 60.5 Å². The van der Waals surface area contributed by atoms with Crippen LogP contribution in [-0.2, 0) is 4.74 Å². The van der Waals surface area contributed by atoms with Crippen LogP contribution in [0, 0.1) is 17.5 Å². The van der Waals surface area contributed by atoms with Crippen molar-refractivity contribution in [3.8, 4) is 22.7 Å². The lowest BCUT2D eigenvalue weighted by Crippen LogP contribution is -2.45. The predicted molar refractivity (Wildman–Crippen MR) is 118 cm³/mol. The minimum absolute atomic E-state index is 0.00655. The van der Waals surface area contributed by atoms with Crippen molar-refractivity contribution in [1.82, 2.24) is 29.8 Å². The van der Waals surface area contributed by atoms with Crippen LogP contribution >= 0.6 is 0 Å². The quantitative estimate of drug-likeness (QED) is 0.274. The van der Waals surface area contributed by atoms with E-state index in [2.05, 4.69) is 25.2 Å². The summed E-state index contributed by atoms with van der Waals surface area (Å²) in [6, 6.07) is 5.53. The number of ether oxygens (including phenoxy) is 2. The van der Waals surface area contributed by atoms with Gasteiger partial charge in [0, 0.05) is 17.7 Å². The van der Waals surface area contributed by atoms with E-state index in [0.29, 0.717) is 5.69 Å². The van der Waals surface area contributed by atoms with E-state index in [-0.39, 0.29) is 23.5 Å². The first-order valence-corrected chi connectivity index (χ1v) is 11.3. The number of benzene rings is 2. The van der Waals surface area contributed by atoms with Crippen molar-refractivity contribution in [2.75, 3.05) is 6.61 Å². The van der Waals surface area contributed by atoms with Gasteiger partial charge in [0.05, 0.1) is 18.8 Å². The summed E-state index contributed by atoms with van der Waals surface area (Å²) in [6.07, 6.45) is -5.54. The number of rotatable bonds is 6. The van der Waals surface area contributed by atoms with Gasteiger partial charge in [0.2, 0.25) is 0 Å². The van der Waals surface area contributed by atoms with E-state index in [0.717, 1.165) is 24.3 Å². The summed E-state index contributed by atoms with van der Waals surface area (Å²) in [4.78, 5) is 0. The standard InChI is InChI=1S/C23H18F6N6O4/c24-14-5-11(6-15(25)20(14)26)16-8-35(33-31-16)17-7-18(38-19(9-36)21(17)37)22-32-30-10-34(22)12-1-3-13(4-2-12)39-23(27,28)29/h1-6,8,10,17-19,21,36-37H,7,9H2. The fraction of sp³-hybridized carbons (Fsp3) is 0.304. The Balaban J connectivity index is 1.42. The van der Waals surface area contributed by atoms with Crippen LogP contribution in [-0.4, -0.2) is 65.1 Å². The van der Waals surface area contributed by atoms with Gasteiger partial charge in [0.25, 0.3) is 0 Å². The molecule has 1 fully saturated rings. The van der Waals surface area contributed by atoms with Gasteiger partial charge in [-0.3, -0.25) is 4.57 Å². The van der Waals surface area contributed by atoms with Crippen molar-refractivity contribution >= 4 is 0 Å². The molecule has 4 aromatic rings. The fourth-order valence-electron chi connectivity index (χ4n) is 4.28. The number of aliphatic hydroxyl groups excluding tert-OH is 2. The maximum absolute atomic E-state index is 13.7. The lowest BCUT2D eigenvalue weighted by Gasteiger charge is -2.38. The van der Waals surface area contributed by atoms with Crippen molar-refractivity contribution in [2.24, 2.45) is 0 Å². The van der Waals surface area contributed by atoms with Crippen LogP contribution in [0.4, 0.5) is 26.3 Å². The van der Waals surface area contributed by atoms with E-state index in [1.165, 1.54) is 33.9 Å². The van der Waals surface area contributed by atoms with Gasteiger partial charge in [0.15, 0.2) is 23.3 Å². The third-order valence-corrected chi connectivity index (χ3v) is 6.09. The average Bonchev–Trinajstić information content (AvgIpc) is 3.57. The van der Waals surface area contributed by atoms with E-state index in [1.807, 2.05) is 0 Å². The van der Waals surface area contributed by atoms with Crippen molar-refractivity contribution in [3.05, 3.63) is 72.2 Å². The third kappa shape index (κ3) is 5.43. The molecule has 2 aromatic heterocycles. The Hall–Kier alpha value is -4.02. The highest BCUT2D eigenvalue weighted by molar-refractivity contribution is 5.58. The molecule has 0 radical (unpaired) electrons. The third-order valence-electron chi connectivity index (χ3n) is 6.09. The highest BCUT2D eigenvalue weighted by Gasteiger charge is 2.41. The molecule has 39 heavy (non-hydrogen) atoms. The molecular weight excluding hydrogens is 538 g/mol. The number of aromatic nitrogens is 6. The molecule has 0 spiro atoms. The molecule has 4 atom stereocenters. The van der Waals surface area contributed by atoms with Gasteiger partial charge < -0.3 is 19.7 Å². The smallest absolute Gasteiger partial charge is 0.406 e. The molecule has 5 rings (SSSR count). The predicted octanol–water partition coefficient (Wildman–Crippen LogP) is 3.27. The summed E-state index contributed by atoms with van der Waals surface area (Å²) in [5, 5.41) is 36.3. The number of nitrogens with zero attached hydrogens (tertiary/aromatic N) is 6. The van der Waals surface area contributed by atoms with Gasteiger partial charge in [-0.15, -0.1) is 28.5 Å². The summed E-state index contributed by atoms with van der Waals surface area (Å²) in [6.45, 7) is -0.596. The second-order valence-corrected chi connectivity index (χ2v) is 8.58. The molecule has 206 valence electrons. The normalized spacial score (nSPS) is 21.7. The molecular formula is C23H18F6N6O4. The lowest BCUT2D eigenvalue weighted by atomic mass is 9.95. The van der Waals surface area contributed by atoms with Crippen molar-refractivity contribution in [1.29, 1.82) is 0 Å². The summed E-state index contributed by atoms with van der Waals surface area (Å²) >= 11 is 0. The molecule has 1 aliphatic heterocycles. The van der Waals surface area contributed by atoms with Gasteiger partial charge in [-0.25, -0.2) is 17.9 Å². The Morgan fingerprint density at radius 2 is 1.74 bits per heavy atom. The molecule has 2 N–H and O–H groups in total. The zero-order chi connectivity index (χ0) is 27.9. The molecule has 0 aliphatic carbocycles. The molecule has 0 saturated carbocycles. The number of hydrogen-bond donors (Lipinski definition) is 2. The summed E-state index contributed by atoms with van der Waals surface area (Å²) < 4.78 is 90.6. The Morgan fingerprint density at radius 1 is 1.05 bits per heavy atom. The van der Waals surface area contributed by atoms with Gasteiger partial charge in [-0.1, -0.05) is 5.21 Å². The maximum Gasteiger partial charge on any atom is 0.573 e. The average molecular weight is 556 g/mol. The van der Waals surface area contributed by atoms with Crippen LogP contribution in [0.3, 0.4) is 0 Å². The Bertz CT molecular complexity index is 1440. The monoisotopic (exact) mass is 556 g/mol. The molecule has 2 aromatic carbocycles. The van der Waals surface area contributed by atoms with Gasteiger partial charge in [-0.05, 0) is 36.4 Å².